The summed E-state index contributed by atoms with van der Waals surface area (Å²) in [5, 5.41) is 2.94. The molecule has 166 valence electrons. The summed E-state index contributed by atoms with van der Waals surface area (Å²) < 4.78 is 12.3. The van der Waals surface area contributed by atoms with Gasteiger partial charge in [0.1, 0.15) is 18.1 Å². The van der Waals surface area contributed by atoms with Gasteiger partial charge in [-0.05, 0) is 55.3 Å². The van der Waals surface area contributed by atoms with Crippen LogP contribution in [0.1, 0.15) is 29.2 Å². The van der Waals surface area contributed by atoms with Crippen molar-refractivity contribution in [2.75, 3.05) is 23.3 Å². The zero-order valence-electron chi connectivity index (χ0n) is 17.4. The third kappa shape index (κ3) is 5.31. The van der Waals surface area contributed by atoms with Crippen LogP contribution < -0.4 is 20.7 Å². The average Bonchev–Trinajstić information content (AvgIpc) is 3.28. The third-order valence-electron chi connectivity index (χ3n) is 5.45. The molecule has 7 nitrogen and oxygen atoms in total. The maximum absolute atomic E-state index is 12.8. The molecule has 0 unspecified atom stereocenters. The fourth-order valence-electron chi connectivity index (χ4n) is 3.73. The lowest BCUT2D eigenvalue weighted by molar-refractivity contribution is -0.122. The Morgan fingerprint density at radius 1 is 1.09 bits per heavy atom. The molecule has 0 atom stereocenters. The van der Waals surface area contributed by atoms with Crippen LogP contribution in [0.15, 0.2) is 69.6 Å². The van der Waals surface area contributed by atoms with Crippen LogP contribution >= 0.6 is 15.9 Å². The third-order valence-corrected chi connectivity index (χ3v) is 5.95. The van der Waals surface area contributed by atoms with E-state index in [-0.39, 0.29) is 30.1 Å². The number of benzene rings is 2. The van der Waals surface area contributed by atoms with Crippen molar-refractivity contribution in [1.82, 2.24) is 0 Å². The van der Waals surface area contributed by atoms with Crippen molar-refractivity contribution in [2.45, 2.75) is 19.4 Å². The van der Waals surface area contributed by atoms with Crippen molar-refractivity contribution in [1.29, 1.82) is 0 Å². The van der Waals surface area contributed by atoms with Crippen LogP contribution in [0.25, 0.3) is 0 Å². The Balaban J connectivity index is 1.39. The number of hydrogen-bond donors (Lipinski definition) is 2. The molecule has 2 amide bonds. The number of carbonyl (C=O) groups is 2. The minimum absolute atomic E-state index is 0.0891. The average molecular weight is 498 g/mol. The highest BCUT2D eigenvalue weighted by Gasteiger charge is 2.25. The first-order valence-electron chi connectivity index (χ1n) is 10.4. The predicted octanol–water partition coefficient (Wildman–Crippen LogP) is 4.58. The zero-order chi connectivity index (χ0) is 22.5. The SMILES string of the molecule is NC(=O)C1CCN(c2ccccc2NC(=O)c2ccc(COc3cccc(Br)c3)o2)CC1. The highest BCUT2D eigenvalue weighted by molar-refractivity contribution is 9.10. The summed E-state index contributed by atoms with van der Waals surface area (Å²) in [7, 11) is 0. The van der Waals surface area contributed by atoms with Crippen LogP contribution in [0.5, 0.6) is 5.75 Å². The fraction of sp³-hybridized carbons (Fsp3) is 0.250. The number of ether oxygens (including phenoxy) is 1. The van der Waals surface area contributed by atoms with Crippen molar-refractivity contribution in [3.63, 3.8) is 0 Å². The molecule has 4 rings (SSSR count). The van der Waals surface area contributed by atoms with E-state index in [1.165, 1.54) is 0 Å². The van der Waals surface area contributed by atoms with E-state index >= 15 is 0 Å². The molecule has 32 heavy (non-hydrogen) atoms. The quantitative estimate of drug-likeness (QED) is 0.497. The second-order valence-electron chi connectivity index (χ2n) is 7.65. The summed E-state index contributed by atoms with van der Waals surface area (Å²) in [5.41, 5.74) is 7.04. The number of rotatable bonds is 7. The van der Waals surface area contributed by atoms with Crippen LogP contribution in [0.4, 0.5) is 11.4 Å². The molecule has 0 saturated carbocycles. The molecule has 8 heteroatoms. The van der Waals surface area contributed by atoms with Gasteiger partial charge in [-0.3, -0.25) is 9.59 Å². The number of carbonyl (C=O) groups excluding carboxylic acids is 2. The van der Waals surface area contributed by atoms with Crippen LogP contribution in [0.3, 0.4) is 0 Å². The number of nitrogens with one attached hydrogen (secondary N) is 1. The molecule has 1 aliphatic heterocycles. The molecule has 0 spiro atoms. The summed E-state index contributed by atoms with van der Waals surface area (Å²) in [6, 6.07) is 18.5. The molecule has 3 N–H and O–H groups in total. The summed E-state index contributed by atoms with van der Waals surface area (Å²) in [5.74, 6) is 0.795. The fourth-order valence-corrected chi connectivity index (χ4v) is 4.11. The molecular weight excluding hydrogens is 474 g/mol. The predicted molar refractivity (Wildman–Crippen MR) is 126 cm³/mol. The maximum Gasteiger partial charge on any atom is 0.291 e. The Morgan fingerprint density at radius 3 is 2.62 bits per heavy atom. The first-order valence-corrected chi connectivity index (χ1v) is 11.2. The number of para-hydroxylation sites is 2. The number of piperidine rings is 1. The lowest BCUT2D eigenvalue weighted by Crippen LogP contribution is -2.38. The Bertz CT molecular complexity index is 1110. The normalized spacial score (nSPS) is 14.2. The molecular formula is C24H24BrN3O4. The second kappa shape index (κ2) is 9.91. The molecule has 2 heterocycles. The van der Waals surface area contributed by atoms with Gasteiger partial charge in [0, 0.05) is 23.5 Å². The highest BCUT2D eigenvalue weighted by Crippen LogP contribution is 2.30. The van der Waals surface area contributed by atoms with Gasteiger partial charge in [0.2, 0.25) is 5.91 Å². The standard InChI is InChI=1S/C24H24BrN3O4/c25-17-4-3-5-18(14-17)31-15-19-8-9-22(32-19)24(30)27-20-6-1-2-7-21(20)28-12-10-16(11-13-28)23(26)29/h1-9,14,16H,10-13,15H2,(H2,26,29)(H,27,30). The van der Waals surface area contributed by atoms with Crippen LogP contribution in [0.2, 0.25) is 0 Å². The number of nitrogens with two attached hydrogens (primary N) is 1. The van der Waals surface area contributed by atoms with Gasteiger partial charge in [0.15, 0.2) is 5.76 Å². The number of furan rings is 1. The van der Waals surface area contributed by atoms with Crippen LogP contribution in [-0.4, -0.2) is 24.9 Å². The molecule has 1 fully saturated rings. The number of primary amides is 1. The summed E-state index contributed by atoms with van der Waals surface area (Å²) >= 11 is 3.41. The van der Waals surface area contributed by atoms with Gasteiger partial charge in [-0.15, -0.1) is 0 Å². The van der Waals surface area contributed by atoms with E-state index in [0.29, 0.717) is 43.1 Å². The molecule has 1 aliphatic rings. The largest absolute Gasteiger partial charge is 0.486 e. The van der Waals surface area contributed by atoms with Crippen molar-refractivity contribution in [2.24, 2.45) is 11.7 Å². The monoisotopic (exact) mass is 497 g/mol. The smallest absolute Gasteiger partial charge is 0.291 e. The summed E-state index contributed by atoms with van der Waals surface area (Å²) in [4.78, 5) is 26.4. The lowest BCUT2D eigenvalue weighted by atomic mass is 9.96. The Labute approximate surface area is 194 Å². The minimum Gasteiger partial charge on any atom is -0.486 e. The van der Waals surface area contributed by atoms with E-state index in [0.717, 1.165) is 10.2 Å². The van der Waals surface area contributed by atoms with Gasteiger partial charge in [0.25, 0.3) is 5.91 Å². The maximum atomic E-state index is 12.8. The molecule has 2 aromatic carbocycles. The zero-order valence-corrected chi connectivity index (χ0v) is 19.0. The highest BCUT2D eigenvalue weighted by atomic mass is 79.9. The van der Waals surface area contributed by atoms with Gasteiger partial charge in [-0.1, -0.05) is 34.1 Å². The van der Waals surface area contributed by atoms with E-state index in [2.05, 4.69) is 26.1 Å². The topological polar surface area (TPSA) is 97.8 Å². The first kappa shape index (κ1) is 22.0. The van der Waals surface area contributed by atoms with Gasteiger partial charge in [-0.25, -0.2) is 0 Å². The molecule has 1 aromatic heterocycles. The second-order valence-corrected chi connectivity index (χ2v) is 8.56. The Morgan fingerprint density at radius 2 is 1.88 bits per heavy atom. The summed E-state index contributed by atoms with van der Waals surface area (Å²) in [6.07, 6.45) is 1.41. The van der Waals surface area contributed by atoms with Gasteiger partial charge in [0.05, 0.1) is 11.4 Å². The summed E-state index contributed by atoms with van der Waals surface area (Å²) in [6.45, 7) is 1.63. The Hall–Kier alpha value is -3.26. The minimum atomic E-state index is -0.335. The van der Waals surface area contributed by atoms with Gasteiger partial charge < -0.3 is 25.1 Å². The van der Waals surface area contributed by atoms with Crippen molar-refractivity contribution >= 4 is 39.1 Å². The number of anilines is 2. The van der Waals surface area contributed by atoms with Crippen molar-refractivity contribution in [3.05, 3.63) is 76.7 Å². The number of halogens is 1. The molecule has 3 aromatic rings. The molecule has 1 saturated heterocycles. The van der Waals surface area contributed by atoms with E-state index in [1.807, 2.05) is 48.5 Å². The number of amides is 2. The number of hydrogen-bond acceptors (Lipinski definition) is 5. The van der Waals surface area contributed by atoms with E-state index in [9.17, 15) is 9.59 Å². The first-order chi connectivity index (χ1) is 15.5. The van der Waals surface area contributed by atoms with E-state index < -0.39 is 0 Å². The van der Waals surface area contributed by atoms with Crippen LogP contribution in [-0.2, 0) is 11.4 Å². The van der Waals surface area contributed by atoms with Gasteiger partial charge >= 0.3 is 0 Å². The Kier molecular flexibility index (Phi) is 6.80. The van der Waals surface area contributed by atoms with E-state index in [4.69, 9.17) is 14.9 Å². The molecule has 0 aliphatic carbocycles. The molecule has 0 radical (unpaired) electrons. The van der Waals surface area contributed by atoms with Crippen molar-refractivity contribution in [3.8, 4) is 5.75 Å². The molecule has 0 bridgehead atoms. The van der Waals surface area contributed by atoms with Gasteiger partial charge in [-0.2, -0.15) is 0 Å². The van der Waals surface area contributed by atoms with Crippen molar-refractivity contribution < 1.29 is 18.7 Å². The van der Waals surface area contributed by atoms with E-state index in [1.54, 1.807) is 12.1 Å². The van der Waals surface area contributed by atoms with Crippen LogP contribution in [0, 0.1) is 5.92 Å². The number of nitrogens with zero attached hydrogens (tertiary/aromatic N) is 1. The lowest BCUT2D eigenvalue weighted by Gasteiger charge is -2.33.